The van der Waals surface area contributed by atoms with E-state index in [-0.39, 0.29) is 5.72 Å². The molecule has 0 spiro atoms. The molecule has 15 heavy (non-hydrogen) atoms. The Labute approximate surface area is 89.7 Å². The first-order valence-electron chi connectivity index (χ1n) is 5.99. The topological polar surface area (TPSA) is 53.9 Å². The minimum absolute atomic E-state index is 0.209. The van der Waals surface area contributed by atoms with Crippen LogP contribution in [0.15, 0.2) is 11.3 Å². The molecule has 3 heteroatoms. The summed E-state index contributed by atoms with van der Waals surface area (Å²) in [5.74, 6) is 1.77. The number of allylic oxidation sites excluding steroid dienone is 2. The summed E-state index contributed by atoms with van der Waals surface area (Å²) in [6, 6.07) is 0. The molecular formula is C12H18NO2+. The molecule has 0 saturated heterocycles. The van der Waals surface area contributed by atoms with Gasteiger partial charge in [0.1, 0.15) is 5.76 Å². The maximum Gasteiger partial charge on any atom is 0.238 e. The van der Waals surface area contributed by atoms with Crippen LogP contribution in [0.2, 0.25) is 0 Å². The molecular weight excluding hydrogens is 190 g/mol. The molecule has 0 aromatic rings. The summed E-state index contributed by atoms with van der Waals surface area (Å²) in [7, 11) is 0. The van der Waals surface area contributed by atoms with Crippen molar-refractivity contribution in [3.63, 3.8) is 0 Å². The van der Waals surface area contributed by atoms with E-state index in [2.05, 4.69) is 5.73 Å². The van der Waals surface area contributed by atoms with E-state index in [1.54, 1.807) is 0 Å². The Bertz CT molecular complexity index is 348. The highest BCUT2D eigenvalue weighted by Gasteiger charge is 2.47. The normalized spacial score (nSPS) is 39.8. The molecule has 0 amide bonds. The van der Waals surface area contributed by atoms with E-state index in [9.17, 15) is 4.79 Å². The molecule has 3 nitrogen and oxygen atoms in total. The van der Waals surface area contributed by atoms with Crippen molar-refractivity contribution in [3.05, 3.63) is 11.3 Å². The van der Waals surface area contributed by atoms with Crippen molar-refractivity contribution in [1.29, 1.82) is 0 Å². The summed E-state index contributed by atoms with van der Waals surface area (Å²) < 4.78 is 5.97. The van der Waals surface area contributed by atoms with Crippen LogP contribution in [0.1, 0.15) is 44.9 Å². The summed E-state index contributed by atoms with van der Waals surface area (Å²) in [5, 5.41) is 0. The molecule has 3 N–H and O–H groups in total. The number of ether oxygens (including phenoxy) is 1. The van der Waals surface area contributed by atoms with Crippen LogP contribution in [-0.2, 0) is 9.53 Å². The second-order valence-electron chi connectivity index (χ2n) is 5.19. The van der Waals surface area contributed by atoms with Crippen LogP contribution in [-0.4, -0.2) is 11.5 Å². The number of carbonyl (C=O) groups is 1. The maximum absolute atomic E-state index is 11.9. The number of Topliss-reactive ketones (excluding diaryl/α,β-unsaturated/α-hetero) is 1. The lowest BCUT2D eigenvalue weighted by Gasteiger charge is -2.42. The Kier molecular flexibility index (Phi) is 1.93. The minimum atomic E-state index is -0.209. The Morgan fingerprint density at radius 2 is 2.20 bits per heavy atom. The molecule has 1 heterocycles. The van der Waals surface area contributed by atoms with Crippen LogP contribution in [0, 0.1) is 5.92 Å². The third-order valence-electron chi connectivity index (χ3n) is 3.96. The van der Waals surface area contributed by atoms with Gasteiger partial charge in [0.15, 0.2) is 5.78 Å². The van der Waals surface area contributed by atoms with Crippen LogP contribution < -0.4 is 5.73 Å². The van der Waals surface area contributed by atoms with E-state index in [4.69, 9.17) is 4.74 Å². The van der Waals surface area contributed by atoms with Gasteiger partial charge in [0.2, 0.25) is 5.72 Å². The predicted octanol–water partition coefficient (Wildman–Crippen LogP) is 1.15. The van der Waals surface area contributed by atoms with Gasteiger partial charge in [0.05, 0.1) is 0 Å². The van der Waals surface area contributed by atoms with Crippen molar-refractivity contribution in [3.8, 4) is 0 Å². The Morgan fingerprint density at radius 1 is 1.33 bits per heavy atom. The summed E-state index contributed by atoms with van der Waals surface area (Å²) in [5.41, 5.74) is 5.02. The lowest BCUT2D eigenvalue weighted by molar-refractivity contribution is -0.560. The Morgan fingerprint density at radius 3 is 3.07 bits per heavy atom. The highest BCUT2D eigenvalue weighted by atomic mass is 16.5. The molecule has 1 aliphatic heterocycles. The smallest absolute Gasteiger partial charge is 0.238 e. The van der Waals surface area contributed by atoms with Gasteiger partial charge in [0.25, 0.3) is 0 Å². The van der Waals surface area contributed by atoms with Crippen LogP contribution in [0.5, 0.6) is 0 Å². The zero-order valence-electron chi connectivity index (χ0n) is 9.05. The minimum Gasteiger partial charge on any atom is -0.444 e. The van der Waals surface area contributed by atoms with Gasteiger partial charge in [-0.15, -0.1) is 0 Å². The summed E-state index contributed by atoms with van der Waals surface area (Å²) in [6.07, 6.45) is 6.95. The van der Waals surface area contributed by atoms with Gasteiger partial charge in [-0.1, -0.05) is 0 Å². The van der Waals surface area contributed by atoms with E-state index in [1.807, 2.05) is 0 Å². The van der Waals surface area contributed by atoms with Crippen LogP contribution in [0.25, 0.3) is 0 Å². The molecule has 3 rings (SSSR count). The number of fused-ring (bicyclic) bond motifs is 3. The first-order chi connectivity index (χ1) is 7.18. The zero-order valence-corrected chi connectivity index (χ0v) is 9.05. The largest absolute Gasteiger partial charge is 0.444 e. The standard InChI is InChI=1S/C12H17NO2/c13-12-6-2-3-8(7-12)11-9(14)4-1-5-10(11)15-12/h8H,1-7,13H2/p+1/t8-,12+/m0/s1. The maximum atomic E-state index is 11.9. The molecule has 2 atom stereocenters. The monoisotopic (exact) mass is 208 g/mol. The van der Waals surface area contributed by atoms with Crippen LogP contribution in [0.4, 0.5) is 0 Å². The second-order valence-corrected chi connectivity index (χ2v) is 5.19. The number of quaternary nitrogens is 1. The molecule has 3 aliphatic rings. The van der Waals surface area contributed by atoms with E-state index >= 15 is 0 Å². The molecule has 0 aromatic heterocycles. The van der Waals surface area contributed by atoms with Gasteiger partial charge < -0.3 is 10.5 Å². The highest BCUT2D eigenvalue weighted by Crippen LogP contribution is 2.45. The average Bonchev–Trinajstić information content (AvgIpc) is 2.16. The summed E-state index contributed by atoms with van der Waals surface area (Å²) in [6.45, 7) is 0. The highest BCUT2D eigenvalue weighted by molar-refractivity contribution is 5.97. The van der Waals surface area contributed by atoms with Crippen molar-refractivity contribution in [2.24, 2.45) is 5.92 Å². The zero-order chi connectivity index (χ0) is 10.5. The molecule has 1 fully saturated rings. The van der Waals surface area contributed by atoms with Gasteiger partial charge in [-0.3, -0.25) is 4.79 Å². The quantitative estimate of drug-likeness (QED) is 0.649. The molecule has 1 saturated carbocycles. The summed E-state index contributed by atoms with van der Waals surface area (Å²) in [4.78, 5) is 11.9. The van der Waals surface area contributed by atoms with Crippen LogP contribution >= 0.6 is 0 Å². The Hall–Kier alpha value is -0.830. The predicted molar refractivity (Wildman–Crippen MR) is 54.5 cm³/mol. The molecule has 0 aromatic carbocycles. The number of carbonyl (C=O) groups excluding carboxylic acids is 1. The van der Waals surface area contributed by atoms with Crippen molar-refractivity contribution in [2.75, 3.05) is 0 Å². The van der Waals surface area contributed by atoms with Gasteiger partial charge in [-0.25, -0.2) is 0 Å². The third kappa shape index (κ3) is 1.41. The van der Waals surface area contributed by atoms with E-state index < -0.39 is 0 Å². The first-order valence-corrected chi connectivity index (χ1v) is 5.99. The van der Waals surface area contributed by atoms with Gasteiger partial charge in [0, 0.05) is 37.2 Å². The number of ketones is 1. The fourth-order valence-corrected chi connectivity index (χ4v) is 3.32. The molecule has 0 radical (unpaired) electrons. The molecule has 2 aliphatic carbocycles. The first kappa shape index (κ1) is 9.40. The number of hydrogen-bond donors (Lipinski definition) is 1. The van der Waals surface area contributed by atoms with Crippen molar-refractivity contribution in [1.82, 2.24) is 0 Å². The van der Waals surface area contributed by atoms with Crippen molar-refractivity contribution >= 4 is 5.78 Å². The second kappa shape index (κ2) is 3.08. The number of rotatable bonds is 0. The fourth-order valence-electron chi connectivity index (χ4n) is 3.32. The van der Waals surface area contributed by atoms with Gasteiger partial charge in [-0.05, 0) is 19.3 Å². The summed E-state index contributed by atoms with van der Waals surface area (Å²) >= 11 is 0. The van der Waals surface area contributed by atoms with Crippen LogP contribution in [0.3, 0.4) is 0 Å². The van der Waals surface area contributed by atoms with Gasteiger partial charge >= 0.3 is 0 Å². The van der Waals surface area contributed by atoms with E-state index in [0.29, 0.717) is 11.7 Å². The number of hydrogen-bond acceptors (Lipinski definition) is 2. The molecule has 0 unspecified atom stereocenters. The SMILES string of the molecule is [NH3+][C@@]12CCC[C@@H](C1)C1=C(CCCC1=O)O2. The van der Waals surface area contributed by atoms with E-state index in [1.165, 1.54) is 0 Å². The van der Waals surface area contributed by atoms with Crippen molar-refractivity contribution < 1.29 is 15.3 Å². The lowest BCUT2D eigenvalue weighted by atomic mass is 9.73. The Balaban J connectivity index is 2.02. The van der Waals surface area contributed by atoms with Crippen molar-refractivity contribution in [2.45, 2.75) is 50.7 Å². The fraction of sp³-hybridized carbons (Fsp3) is 0.750. The lowest BCUT2D eigenvalue weighted by Crippen LogP contribution is -2.76. The third-order valence-corrected chi connectivity index (χ3v) is 3.96. The molecule has 82 valence electrons. The average molecular weight is 208 g/mol. The van der Waals surface area contributed by atoms with E-state index in [0.717, 1.165) is 56.3 Å². The van der Waals surface area contributed by atoms with Gasteiger partial charge in [-0.2, -0.15) is 0 Å². The molecule has 2 bridgehead atoms.